The Hall–Kier alpha value is -1.45. The fourth-order valence-corrected chi connectivity index (χ4v) is 1.17. The SMILES string of the molecule is CC(C)c1[nH]nc2nccnc12. The Morgan fingerprint density at radius 2 is 2.00 bits per heavy atom. The lowest BCUT2D eigenvalue weighted by atomic mass is 10.1. The minimum absolute atomic E-state index is 0.409. The second-order valence-corrected chi connectivity index (χ2v) is 3.02. The predicted octanol–water partition coefficient (Wildman–Crippen LogP) is 1.48. The first-order valence-corrected chi connectivity index (χ1v) is 3.94. The van der Waals surface area contributed by atoms with Crippen LogP contribution in [0.2, 0.25) is 0 Å². The van der Waals surface area contributed by atoms with Gasteiger partial charge in [0.05, 0.1) is 5.69 Å². The molecule has 0 unspecified atom stereocenters. The highest BCUT2D eigenvalue weighted by atomic mass is 15.2. The third-order valence-corrected chi connectivity index (χ3v) is 1.79. The van der Waals surface area contributed by atoms with Gasteiger partial charge in [-0.15, -0.1) is 0 Å². The van der Waals surface area contributed by atoms with Crippen LogP contribution < -0.4 is 0 Å². The van der Waals surface area contributed by atoms with Crippen LogP contribution in [-0.2, 0) is 0 Å². The standard InChI is InChI=1S/C8H10N4/c1-5(2)6-7-8(12-11-6)10-4-3-9-7/h3-5H,1-2H3,(H,10,11,12). The highest BCUT2D eigenvalue weighted by Crippen LogP contribution is 2.18. The summed E-state index contributed by atoms with van der Waals surface area (Å²) in [5.41, 5.74) is 2.63. The number of aromatic amines is 1. The molecule has 2 aromatic heterocycles. The largest absolute Gasteiger partial charge is 0.278 e. The predicted molar refractivity (Wildman–Crippen MR) is 45.8 cm³/mol. The first-order chi connectivity index (χ1) is 5.79. The van der Waals surface area contributed by atoms with Crippen molar-refractivity contribution in [3.05, 3.63) is 18.1 Å². The van der Waals surface area contributed by atoms with Crippen molar-refractivity contribution in [2.45, 2.75) is 19.8 Å². The zero-order chi connectivity index (χ0) is 8.55. The van der Waals surface area contributed by atoms with Crippen molar-refractivity contribution in [2.24, 2.45) is 0 Å². The van der Waals surface area contributed by atoms with Gasteiger partial charge in [0.15, 0.2) is 5.65 Å². The van der Waals surface area contributed by atoms with Crippen LogP contribution in [0.5, 0.6) is 0 Å². The maximum atomic E-state index is 4.21. The summed E-state index contributed by atoms with van der Waals surface area (Å²) < 4.78 is 0. The lowest BCUT2D eigenvalue weighted by molar-refractivity contribution is 0.815. The zero-order valence-corrected chi connectivity index (χ0v) is 7.07. The van der Waals surface area contributed by atoms with E-state index in [2.05, 4.69) is 34.0 Å². The maximum absolute atomic E-state index is 4.21. The Morgan fingerprint density at radius 1 is 1.25 bits per heavy atom. The summed E-state index contributed by atoms with van der Waals surface area (Å²) >= 11 is 0. The van der Waals surface area contributed by atoms with Crippen molar-refractivity contribution in [1.29, 1.82) is 0 Å². The van der Waals surface area contributed by atoms with Gasteiger partial charge in [0.1, 0.15) is 5.52 Å². The van der Waals surface area contributed by atoms with Crippen LogP contribution >= 0.6 is 0 Å². The summed E-state index contributed by atoms with van der Waals surface area (Å²) in [6.45, 7) is 4.20. The lowest BCUT2D eigenvalue weighted by Gasteiger charge is -1.98. The van der Waals surface area contributed by atoms with Crippen LogP contribution in [0, 0.1) is 0 Å². The van der Waals surface area contributed by atoms with Gasteiger partial charge in [0.2, 0.25) is 0 Å². The Bertz CT molecular complexity index is 391. The molecule has 0 radical (unpaired) electrons. The van der Waals surface area contributed by atoms with E-state index in [1.54, 1.807) is 12.4 Å². The molecule has 0 atom stereocenters. The van der Waals surface area contributed by atoms with Crippen molar-refractivity contribution in [3.8, 4) is 0 Å². The number of rotatable bonds is 1. The quantitative estimate of drug-likeness (QED) is 0.690. The molecule has 2 aromatic rings. The van der Waals surface area contributed by atoms with Gasteiger partial charge in [-0.05, 0) is 5.92 Å². The molecule has 12 heavy (non-hydrogen) atoms. The molecular formula is C8H10N4. The van der Waals surface area contributed by atoms with Crippen LogP contribution in [0.25, 0.3) is 11.2 Å². The van der Waals surface area contributed by atoms with Gasteiger partial charge >= 0.3 is 0 Å². The summed E-state index contributed by atoms with van der Waals surface area (Å²) in [5.74, 6) is 0.409. The number of fused-ring (bicyclic) bond motifs is 1. The lowest BCUT2D eigenvalue weighted by Crippen LogP contribution is -1.89. The molecule has 0 aliphatic rings. The molecule has 0 aliphatic heterocycles. The van der Waals surface area contributed by atoms with E-state index < -0.39 is 0 Å². The van der Waals surface area contributed by atoms with Gasteiger partial charge in [-0.25, -0.2) is 9.97 Å². The van der Waals surface area contributed by atoms with E-state index in [4.69, 9.17) is 0 Å². The van der Waals surface area contributed by atoms with E-state index in [0.717, 1.165) is 11.2 Å². The van der Waals surface area contributed by atoms with Crippen molar-refractivity contribution in [3.63, 3.8) is 0 Å². The average Bonchev–Trinajstić information content (AvgIpc) is 2.47. The molecular weight excluding hydrogens is 152 g/mol. The molecule has 0 bridgehead atoms. The topological polar surface area (TPSA) is 54.5 Å². The summed E-state index contributed by atoms with van der Waals surface area (Å²) in [5, 5.41) is 6.98. The van der Waals surface area contributed by atoms with Gasteiger partial charge in [-0.3, -0.25) is 5.10 Å². The van der Waals surface area contributed by atoms with Crippen molar-refractivity contribution >= 4 is 11.2 Å². The Kier molecular flexibility index (Phi) is 1.53. The zero-order valence-electron chi connectivity index (χ0n) is 7.07. The highest BCUT2D eigenvalue weighted by Gasteiger charge is 2.09. The van der Waals surface area contributed by atoms with Crippen molar-refractivity contribution in [1.82, 2.24) is 20.2 Å². The van der Waals surface area contributed by atoms with Crippen LogP contribution in [0.4, 0.5) is 0 Å². The van der Waals surface area contributed by atoms with E-state index in [9.17, 15) is 0 Å². The smallest absolute Gasteiger partial charge is 0.199 e. The van der Waals surface area contributed by atoms with Crippen molar-refractivity contribution in [2.75, 3.05) is 0 Å². The third kappa shape index (κ3) is 0.958. The minimum Gasteiger partial charge on any atom is -0.278 e. The molecule has 62 valence electrons. The molecule has 0 amide bonds. The second-order valence-electron chi connectivity index (χ2n) is 3.02. The van der Waals surface area contributed by atoms with Crippen LogP contribution in [0.1, 0.15) is 25.5 Å². The number of aromatic nitrogens is 4. The Balaban J connectivity index is 2.70. The number of nitrogens with zero attached hydrogens (tertiary/aromatic N) is 3. The highest BCUT2D eigenvalue weighted by molar-refractivity contribution is 5.72. The second kappa shape index (κ2) is 2.55. The molecule has 1 N–H and O–H groups in total. The molecule has 0 aliphatic carbocycles. The molecule has 2 rings (SSSR count). The normalized spacial score (nSPS) is 11.2. The molecule has 4 nitrogen and oxygen atoms in total. The fourth-order valence-electron chi connectivity index (χ4n) is 1.17. The summed E-state index contributed by atoms with van der Waals surface area (Å²) in [6.07, 6.45) is 3.33. The van der Waals surface area contributed by atoms with E-state index >= 15 is 0 Å². The fraction of sp³-hybridized carbons (Fsp3) is 0.375. The minimum atomic E-state index is 0.409. The average molecular weight is 162 g/mol. The summed E-state index contributed by atoms with van der Waals surface area (Å²) in [4.78, 5) is 8.29. The first-order valence-electron chi connectivity index (χ1n) is 3.94. The first kappa shape index (κ1) is 7.21. The van der Waals surface area contributed by atoms with Crippen LogP contribution in [-0.4, -0.2) is 20.2 Å². The van der Waals surface area contributed by atoms with Gasteiger partial charge in [-0.2, -0.15) is 5.10 Å². The number of H-pyrrole nitrogens is 1. The molecule has 0 spiro atoms. The monoisotopic (exact) mass is 162 g/mol. The molecule has 0 fully saturated rings. The Labute approximate surface area is 70.0 Å². The molecule has 0 saturated carbocycles. The number of nitrogens with one attached hydrogen (secondary N) is 1. The van der Waals surface area contributed by atoms with Gasteiger partial charge < -0.3 is 0 Å². The third-order valence-electron chi connectivity index (χ3n) is 1.79. The molecule has 4 heteroatoms. The van der Waals surface area contributed by atoms with Crippen molar-refractivity contribution < 1.29 is 0 Å². The molecule has 0 saturated heterocycles. The van der Waals surface area contributed by atoms with Crippen LogP contribution in [0.3, 0.4) is 0 Å². The number of hydrogen-bond acceptors (Lipinski definition) is 3. The van der Waals surface area contributed by atoms with E-state index in [0.29, 0.717) is 11.6 Å². The van der Waals surface area contributed by atoms with E-state index in [-0.39, 0.29) is 0 Å². The molecule has 2 heterocycles. The van der Waals surface area contributed by atoms with Gasteiger partial charge in [-0.1, -0.05) is 13.8 Å². The van der Waals surface area contributed by atoms with E-state index in [1.165, 1.54) is 0 Å². The summed E-state index contributed by atoms with van der Waals surface area (Å²) in [6, 6.07) is 0. The number of hydrogen-bond donors (Lipinski definition) is 1. The van der Waals surface area contributed by atoms with E-state index in [1.807, 2.05) is 0 Å². The molecule has 0 aromatic carbocycles. The summed E-state index contributed by atoms with van der Waals surface area (Å²) in [7, 11) is 0. The maximum Gasteiger partial charge on any atom is 0.199 e. The Morgan fingerprint density at radius 3 is 2.75 bits per heavy atom. The van der Waals surface area contributed by atoms with Gasteiger partial charge in [0, 0.05) is 12.4 Å². The van der Waals surface area contributed by atoms with Crippen LogP contribution in [0.15, 0.2) is 12.4 Å². The van der Waals surface area contributed by atoms with Gasteiger partial charge in [0.25, 0.3) is 0 Å².